The third-order valence-corrected chi connectivity index (χ3v) is 4.33. The van der Waals surface area contributed by atoms with Crippen molar-refractivity contribution in [3.63, 3.8) is 0 Å². The number of fused-ring (bicyclic) bond motifs is 1. The summed E-state index contributed by atoms with van der Waals surface area (Å²) in [5, 5.41) is 0. The Hall–Kier alpha value is -1.97. The Kier molecular flexibility index (Phi) is 2.91. The van der Waals surface area contributed by atoms with E-state index in [9.17, 15) is 8.78 Å². The van der Waals surface area contributed by atoms with Gasteiger partial charge in [0.1, 0.15) is 17.7 Å². The van der Waals surface area contributed by atoms with Gasteiger partial charge in [-0.25, -0.2) is 13.8 Å². The highest BCUT2D eigenvalue weighted by molar-refractivity contribution is 5.69. The number of halogens is 2. The molecular weight excluding hydrogens is 272 g/mol. The van der Waals surface area contributed by atoms with Crippen LogP contribution in [-0.4, -0.2) is 11.1 Å². The highest BCUT2D eigenvalue weighted by Gasteiger charge is 2.36. The normalized spacial score (nSPS) is 20.8. The van der Waals surface area contributed by atoms with Gasteiger partial charge in [0.15, 0.2) is 0 Å². The van der Waals surface area contributed by atoms with E-state index >= 15 is 0 Å². The SMILES string of the molecule is Fc1ccc(-c2ccnc3c2CCC(C2CC2)O3)c(F)c1. The molecule has 0 amide bonds. The van der Waals surface area contributed by atoms with Gasteiger partial charge < -0.3 is 4.74 Å². The van der Waals surface area contributed by atoms with E-state index in [4.69, 9.17) is 4.74 Å². The molecule has 1 atom stereocenters. The van der Waals surface area contributed by atoms with Gasteiger partial charge in [0.25, 0.3) is 0 Å². The highest BCUT2D eigenvalue weighted by atomic mass is 19.1. The molecule has 1 saturated carbocycles. The lowest BCUT2D eigenvalue weighted by atomic mass is 9.94. The van der Waals surface area contributed by atoms with Crippen molar-refractivity contribution in [2.75, 3.05) is 0 Å². The first-order valence-electron chi connectivity index (χ1n) is 7.32. The van der Waals surface area contributed by atoms with Gasteiger partial charge in [-0.15, -0.1) is 0 Å². The Morgan fingerprint density at radius 3 is 2.67 bits per heavy atom. The molecule has 2 aliphatic rings. The fourth-order valence-corrected chi connectivity index (χ4v) is 3.07. The van der Waals surface area contributed by atoms with Crippen LogP contribution in [0, 0.1) is 17.6 Å². The summed E-state index contributed by atoms with van der Waals surface area (Å²) in [5.74, 6) is 0.155. The topological polar surface area (TPSA) is 22.1 Å². The molecular formula is C17H15F2NO. The van der Waals surface area contributed by atoms with E-state index in [-0.39, 0.29) is 6.10 Å². The molecule has 1 aromatic carbocycles. The van der Waals surface area contributed by atoms with Crippen LogP contribution in [0.2, 0.25) is 0 Å². The smallest absolute Gasteiger partial charge is 0.217 e. The summed E-state index contributed by atoms with van der Waals surface area (Å²) in [6.07, 6.45) is 6.11. The Morgan fingerprint density at radius 2 is 1.90 bits per heavy atom. The van der Waals surface area contributed by atoms with Crippen LogP contribution in [0.25, 0.3) is 11.1 Å². The van der Waals surface area contributed by atoms with Crippen LogP contribution >= 0.6 is 0 Å². The lowest BCUT2D eigenvalue weighted by Gasteiger charge is -2.26. The Balaban J connectivity index is 1.75. The standard InChI is InChI=1S/C17H15F2NO/c18-11-3-4-13(15(19)9-11)12-7-8-20-17-14(12)5-6-16(21-17)10-1-2-10/h3-4,7-10,16H,1-2,5-6H2. The van der Waals surface area contributed by atoms with E-state index < -0.39 is 11.6 Å². The van der Waals surface area contributed by atoms with Gasteiger partial charge in [-0.1, -0.05) is 0 Å². The van der Waals surface area contributed by atoms with Gasteiger partial charge in [-0.05, 0) is 55.4 Å². The lowest BCUT2D eigenvalue weighted by molar-refractivity contribution is 0.144. The molecule has 0 radical (unpaired) electrons. The maximum Gasteiger partial charge on any atom is 0.217 e. The third-order valence-electron chi connectivity index (χ3n) is 4.33. The van der Waals surface area contributed by atoms with E-state index in [0.29, 0.717) is 17.4 Å². The zero-order chi connectivity index (χ0) is 14.4. The monoisotopic (exact) mass is 287 g/mol. The van der Waals surface area contributed by atoms with E-state index in [0.717, 1.165) is 30.0 Å². The first-order chi connectivity index (χ1) is 10.2. The van der Waals surface area contributed by atoms with Crippen molar-refractivity contribution < 1.29 is 13.5 Å². The van der Waals surface area contributed by atoms with Crippen LogP contribution in [-0.2, 0) is 6.42 Å². The molecule has 21 heavy (non-hydrogen) atoms. The molecule has 0 N–H and O–H groups in total. The van der Waals surface area contributed by atoms with Crippen molar-refractivity contribution in [1.29, 1.82) is 0 Å². The Morgan fingerprint density at radius 1 is 1.05 bits per heavy atom. The summed E-state index contributed by atoms with van der Waals surface area (Å²) in [7, 11) is 0. The van der Waals surface area contributed by atoms with Crippen LogP contribution in [0.3, 0.4) is 0 Å². The molecule has 4 rings (SSSR count). The third kappa shape index (κ3) is 2.28. The maximum atomic E-state index is 14.0. The first-order valence-corrected chi connectivity index (χ1v) is 7.32. The summed E-state index contributed by atoms with van der Waals surface area (Å²) >= 11 is 0. The van der Waals surface area contributed by atoms with E-state index in [2.05, 4.69) is 4.98 Å². The summed E-state index contributed by atoms with van der Waals surface area (Å²) in [6, 6.07) is 5.45. The lowest BCUT2D eigenvalue weighted by Crippen LogP contribution is -2.25. The number of aromatic nitrogens is 1. The van der Waals surface area contributed by atoms with Crippen molar-refractivity contribution >= 4 is 0 Å². The molecule has 0 saturated heterocycles. The van der Waals surface area contributed by atoms with Gasteiger partial charge in [-0.3, -0.25) is 0 Å². The fourth-order valence-electron chi connectivity index (χ4n) is 3.07. The molecule has 2 nitrogen and oxygen atoms in total. The minimum Gasteiger partial charge on any atom is -0.474 e. The average Bonchev–Trinajstić information content (AvgIpc) is 3.31. The van der Waals surface area contributed by atoms with Crippen molar-refractivity contribution in [3.8, 4) is 17.0 Å². The predicted molar refractivity (Wildman–Crippen MR) is 75.1 cm³/mol. The molecule has 0 bridgehead atoms. The highest BCUT2D eigenvalue weighted by Crippen LogP contribution is 2.42. The van der Waals surface area contributed by atoms with Crippen LogP contribution in [0.1, 0.15) is 24.8 Å². The molecule has 4 heteroatoms. The summed E-state index contributed by atoms with van der Waals surface area (Å²) in [5.41, 5.74) is 2.09. The maximum absolute atomic E-state index is 14.0. The van der Waals surface area contributed by atoms with Gasteiger partial charge in [0.05, 0.1) is 0 Å². The Bertz CT molecular complexity index is 697. The number of rotatable bonds is 2. The second-order valence-electron chi connectivity index (χ2n) is 5.80. The van der Waals surface area contributed by atoms with Crippen molar-refractivity contribution in [3.05, 3.63) is 47.7 Å². The Labute approximate surface area is 121 Å². The van der Waals surface area contributed by atoms with E-state index in [1.807, 2.05) is 0 Å². The zero-order valence-corrected chi connectivity index (χ0v) is 11.5. The van der Waals surface area contributed by atoms with Crippen LogP contribution < -0.4 is 4.74 Å². The summed E-state index contributed by atoms with van der Waals surface area (Å²) in [6.45, 7) is 0. The van der Waals surface area contributed by atoms with Gasteiger partial charge in [0, 0.05) is 23.4 Å². The molecule has 1 aromatic heterocycles. The molecule has 1 unspecified atom stereocenters. The van der Waals surface area contributed by atoms with Crippen molar-refractivity contribution in [2.45, 2.75) is 31.8 Å². The molecule has 0 spiro atoms. The zero-order valence-electron chi connectivity index (χ0n) is 11.5. The minimum atomic E-state index is -0.566. The second-order valence-corrected chi connectivity index (χ2v) is 5.80. The summed E-state index contributed by atoms with van der Waals surface area (Å²) in [4.78, 5) is 4.29. The van der Waals surface area contributed by atoms with E-state index in [1.54, 1.807) is 12.3 Å². The van der Waals surface area contributed by atoms with Crippen molar-refractivity contribution in [1.82, 2.24) is 4.98 Å². The molecule has 108 valence electrons. The van der Waals surface area contributed by atoms with Gasteiger partial charge >= 0.3 is 0 Å². The van der Waals surface area contributed by atoms with Crippen LogP contribution in [0.15, 0.2) is 30.5 Å². The molecule has 1 fully saturated rings. The van der Waals surface area contributed by atoms with Gasteiger partial charge in [-0.2, -0.15) is 0 Å². The van der Waals surface area contributed by atoms with Crippen LogP contribution in [0.5, 0.6) is 5.88 Å². The number of nitrogens with zero attached hydrogens (tertiary/aromatic N) is 1. The second kappa shape index (κ2) is 4.79. The average molecular weight is 287 g/mol. The number of pyridine rings is 1. The fraction of sp³-hybridized carbons (Fsp3) is 0.353. The minimum absolute atomic E-state index is 0.248. The molecule has 1 aliphatic heterocycles. The number of hydrogen-bond donors (Lipinski definition) is 0. The quantitative estimate of drug-likeness (QED) is 0.828. The van der Waals surface area contributed by atoms with Crippen molar-refractivity contribution in [2.24, 2.45) is 5.92 Å². The number of ether oxygens (including phenoxy) is 1. The predicted octanol–water partition coefficient (Wildman–Crippen LogP) is 4.13. The van der Waals surface area contributed by atoms with Crippen LogP contribution in [0.4, 0.5) is 8.78 Å². The molecule has 2 aromatic rings. The molecule has 1 aliphatic carbocycles. The summed E-state index contributed by atoms with van der Waals surface area (Å²) < 4.78 is 33.1. The molecule has 2 heterocycles. The van der Waals surface area contributed by atoms with Gasteiger partial charge in [0.2, 0.25) is 5.88 Å². The number of benzene rings is 1. The number of hydrogen-bond acceptors (Lipinski definition) is 2. The largest absolute Gasteiger partial charge is 0.474 e. The first kappa shape index (κ1) is 12.7. The van der Waals surface area contributed by atoms with E-state index in [1.165, 1.54) is 25.0 Å².